The maximum absolute atomic E-state index is 12.2. The molecule has 24 heavy (non-hydrogen) atoms. The van der Waals surface area contributed by atoms with Crippen LogP contribution in [-0.4, -0.2) is 24.1 Å². The van der Waals surface area contributed by atoms with Crippen molar-refractivity contribution >= 4 is 16.8 Å². The first-order valence-electron chi connectivity index (χ1n) is 8.81. The smallest absolute Gasteiger partial charge is 0.221 e. The Bertz CT molecular complexity index is 777. The van der Waals surface area contributed by atoms with Gasteiger partial charge in [-0.2, -0.15) is 0 Å². The third-order valence-corrected chi connectivity index (χ3v) is 5.53. The number of nitrogens with one attached hydrogen (secondary N) is 1. The van der Waals surface area contributed by atoms with Crippen LogP contribution in [0, 0.1) is 17.8 Å². The second-order valence-electron chi connectivity index (χ2n) is 7.00. The number of benzene rings is 1. The molecule has 3 unspecified atom stereocenters. The summed E-state index contributed by atoms with van der Waals surface area (Å²) in [6.45, 7) is 1.49. The minimum Gasteiger partial charge on any atom is -0.495 e. The summed E-state index contributed by atoms with van der Waals surface area (Å²) in [6, 6.07) is 8.08. The Kier molecular flexibility index (Phi) is 4.05. The van der Waals surface area contributed by atoms with Gasteiger partial charge in [-0.25, -0.2) is 0 Å². The molecule has 1 heterocycles. The summed E-state index contributed by atoms with van der Waals surface area (Å²) >= 11 is 0. The first kappa shape index (κ1) is 15.3. The first-order chi connectivity index (χ1) is 11.7. The molecule has 3 atom stereocenters. The fourth-order valence-corrected chi connectivity index (χ4v) is 4.26. The van der Waals surface area contributed by atoms with E-state index in [-0.39, 0.29) is 5.91 Å². The molecule has 2 aliphatic carbocycles. The Morgan fingerprint density at radius 1 is 1.29 bits per heavy atom. The zero-order chi connectivity index (χ0) is 16.5. The van der Waals surface area contributed by atoms with E-state index in [0.29, 0.717) is 24.8 Å². The molecular formula is C20H24N2O2. The zero-order valence-corrected chi connectivity index (χ0v) is 14.1. The molecule has 1 aromatic carbocycles. The van der Waals surface area contributed by atoms with Crippen molar-refractivity contribution in [3.05, 3.63) is 42.6 Å². The summed E-state index contributed by atoms with van der Waals surface area (Å²) in [7, 11) is 1.68. The number of aromatic nitrogens is 1. The summed E-state index contributed by atoms with van der Waals surface area (Å²) in [5, 5.41) is 4.27. The Morgan fingerprint density at radius 2 is 2.21 bits per heavy atom. The van der Waals surface area contributed by atoms with Crippen LogP contribution in [0.4, 0.5) is 0 Å². The Balaban J connectivity index is 1.33. The van der Waals surface area contributed by atoms with Crippen LogP contribution >= 0.6 is 0 Å². The quantitative estimate of drug-likeness (QED) is 0.828. The lowest BCUT2D eigenvalue weighted by Gasteiger charge is -2.18. The van der Waals surface area contributed by atoms with Gasteiger partial charge in [-0.05, 0) is 42.7 Å². The Hall–Kier alpha value is -2.23. The second-order valence-corrected chi connectivity index (χ2v) is 7.00. The van der Waals surface area contributed by atoms with E-state index in [1.165, 1.54) is 12.8 Å². The highest BCUT2D eigenvalue weighted by Gasteiger charge is 2.35. The molecule has 0 saturated heterocycles. The van der Waals surface area contributed by atoms with E-state index < -0.39 is 0 Å². The summed E-state index contributed by atoms with van der Waals surface area (Å²) < 4.78 is 7.55. The lowest BCUT2D eigenvalue weighted by atomic mass is 9.93. The Labute approximate surface area is 142 Å². The van der Waals surface area contributed by atoms with Crippen LogP contribution in [-0.2, 0) is 11.3 Å². The molecule has 1 amide bonds. The molecule has 4 nitrogen and oxygen atoms in total. The molecule has 1 fully saturated rings. The van der Waals surface area contributed by atoms with E-state index in [1.54, 1.807) is 7.11 Å². The van der Waals surface area contributed by atoms with Gasteiger partial charge >= 0.3 is 0 Å². The topological polar surface area (TPSA) is 43.3 Å². The number of fused-ring (bicyclic) bond motifs is 3. The number of hydrogen-bond acceptors (Lipinski definition) is 2. The van der Waals surface area contributed by atoms with Crippen LogP contribution in [0.25, 0.3) is 10.9 Å². The lowest BCUT2D eigenvalue weighted by molar-refractivity contribution is -0.121. The van der Waals surface area contributed by atoms with Gasteiger partial charge < -0.3 is 14.6 Å². The molecule has 0 spiro atoms. The van der Waals surface area contributed by atoms with Gasteiger partial charge in [-0.3, -0.25) is 4.79 Å². The molecule has 2 aromatic rings. The summed E-state index contributed by atoms with van der Waals surface area (Å²) in [6.07, 6.45) is 9.73. The number of ether oxygens (including phenoxy) is 1. The van der Waals surface area contributed by atoms with E-state index >= 15 is 0 Å². The molecule has 2 aliphatic rings. The third kappa shape index (κ3) is 2.81. The normalized spacial score (nSPS) is 24.6. The number of nitrogens with zero attached hydrogens (tertiary/aromatic N) is 1. The van der Waals surface area contributed by atoms with Crippen LogP contribution in [0.5, 0.6) is 5.75 Å². The highest BCUT2D eigenvalue weighted by molar-refractivity contribution is 5.86. The number of methoxy groups -OCH3 is 1. The third-order valence-electron chi connectivity index (χ3n) is 5.53. The highest BCUT2D eigenvalue weighted by Crippen LogP contribution is 2.42. The number of amides is 1. The maximum Gasteiger partial charge on any atom is 0.221 e. The van der Waals surface area contributed by atoms with Gasteiger partial charge in [0.1, 0.15) is 5.75 Å². The van der Waals surface area contributed by atoms with Crippen molar-refractivity contribution < 1.29 is 9.53 Å². The van der Waals surface area contributed by atoms with Crippen LogP contribution in [0.1, 0.15) is 19.3 Å². The molecule has 1 saturated carbocycles. The van der Waals surface area contributed by atoms with Crippen molar-refractivity contribution in [3.8, 4) is 5.75 Å². The van der Waals surface area contributed by atoms with Gasteiger partial charge in [-0.1, -0.05) is 24.3 Å². The first-order valence-corrected chi connectivity index (χ1v) is 8.81. The van der Waals surface area contributed by atoms with Gasteiger partial charge in [0.2, 0.25) is 5.91 Å². The average molecular weight is 324 g/mol. The monoisotopic (exact) mass is 324 g/mol. The van der Waals surface area contributed by atoms with Gasteiger partial charge in [0.25, 0.3) is 0 Å². The lowest BCUT2D eigenvalue weighted by Crippen LogP contribution is -2.31. The summed E-state index contributed by atoms with van der Waals surface area (Å²) in [5.74, 6) is 3.07. The van der Waals surface area contributed by atoms with Crippen LogP contribution in [0.15, 0.2) is 42.6 Å². The fourth-order valence-electron chi connectivity index (χ4n) is 4.26. The molecule has 0 radical (unpaired) electrons. The number of hydrogen-bond donors (Lipinski definition) is 1. The minimum absolute atomic E-state index is 0.138. The second kappa shape index (κ2) is 6.34. The molecule has 1 aromatic heterocycles. The molecule has 1 N–H and O–H groups in total. The molecule has 2 bridgehead atoms. The largest absolute Gasteiger partial charge is 0.495 e. The number of carbonyl (C=O) groups excluding carboxylic acids is 1. The molecule has 4 heteroatoms. The number of rotatable bonds is 6. The predicted molar refractivity (Wildman–Crippen MR) is 95.0 cm³/mol. The number of carbonyl (C=O) groups is 1. The maximum atomic E-state index is 12.2. The van der Waals surface area contributed by atoms with Crippen LogP contribution in [0.2, 0.25) is 0 Å². The molecular weight excluding hydrogens is 300 g/mol. The van der Waals surface area contributed by atoms with Crippen molar-refractivity contribution in [3.63, 3.8) is 0 Å². The average Bonchev–Trinajstić information content (AvgIpc) is 3.32. The minimum atomic E-state index is 0.138. The van der Waals surface area contributed by atoms with E-state index in [4.69, 9.17) is 4.74 Å². The van der Waals surface area contributed by atoms with Crippen molar-refractivity contribution in [1.82, 2.24) is 9.88 Å². The fraction of sp³-hybridized carbons (Fsp3) is 0.450. The van der Waals surface area contributed by atoms with Gasteiger partial charge in [0, 0.05) is 31.1 Å². The van der Waals surface area contributed by atoms with Crippen LogP contribution < -0.4 is 10.1 Å². The van der Waals surface area contributed by atoms with Crippen molar-refractivity contribution in [2.45, 2.75) is 25.8 Å². The van der Waals surface area contributed by atoms with Crippen molar-refractivity contribution in [2.75, 3.05) is 13.7 Å². The SMILES string of the molecule is COc1cccc2ccn(CCC(=O)NCC3CC4C=CC3C4)c12. The highest BCUT2D eigenvalue weighted by atomic mass is 16.5. The standard InChI is InChI=1S/C20H24N2O2/c1-24-18-4-2-3-15-7-9-22(20(15)18)10-8-19(23)21-13-17-12-14-5-6-16(17)11-14/h2-7,9,14,16-17H,8,10-13H2,1H3,(H,21,23). The summed E-state index contributed by atoms with van der Waals surface area (Å²) in [5.41, 5.74) is 1.06. The number of aryl methyl sites for hydroxylation is 1. The van der Waals surface area contributed by atoms with Crippen LogP contribution in [0.3, 0.4) is 0 Å². The molecule has 126 valence electrons. The number of allylic oxidation sites excluding steroid dienone is 2. The van der Waals surface area contributed by atoms with Crippen molar-refractivity contribution in [1.29, 1.82) is 0 Å². The van der Waals surface area contributed by atoms with E-state index in [2.05, 4.69) is 34.2 Å². The molecule has 4 rings (SSSR count). The Morgan fingerprint density at radius 3 is 2.96 bits per heavy atom. The van der Waals surface area contributed by atoms with E-state index in [1.807, 2.05) is 18.3 Å². The van der Waals surface area contributed by atoms with Gasteiger partial charge in [-0.15, -0.1) is 0 Å². The molecule has 0 aliphatic heterocycles. The number of para-hydroxylation sites is 1. The summed E-state index contributed by atoms with van der Waals surface area (Å²) in [4.78, 5) is 12.2. The zero-order valence-electron chi connectivity index (χ0n) is 14.1. The predicted octanol–water partition coefficient (Wildman–Crippen LogP) is 3.37. The van der Waals surface area contributed by atoms with E-state index in [9.17, 15) is 4.79 Å². The van der Waals surface area contributed by atoms with Gasteiger partial charge in [0.15, 0.2) is 0 Å². The van der Waals surface area contributed by atoms with E-state index in [0.717, 1.165) is 29.1 Å². The van der Waals surface area contributed by atoms with Gasteiger partial charge in [0.05, 0.1) is 12.6 Å². The van der Waals surface area contributed by atoms with Crippen molar-refractivity contribution in [2.24, 2.45) is 17.8 Å².